The Morgan fingerprint density at radius 1 is 1.50 bits per heavy atom. The molecule has 0 aromatic heterocycles. The standard InChI is InChI=1S/C11H22O3/c1-6-7-8-13-9(2)10(12)14-11(3,4)5/h9H,6-8H2,1-5H3/i9D. The van der Waals surface area contributed by atoms with Crippen molar-refractivity contribution in [1.82, 2.24) is 0 Å². The Morgan fingerprint density at radius 2 is 2.07 bits per heavy atom. The number of carbonyl (C=O) groups is 1. The lowest BCUT2D eigenvalue weighted by Gasteiger charge is -2.22. The molecular formula is C11H22O3. The van der Waals surface area contributed by atoms with E-state index in [1.165, 1.54) is 6.92 Å². The van der Waals surface area contributed by atoms with Crippen LogP contribution in [0, 0.1) is 0 Å². The first-order valence-electron chi connectivity index (χ1n) is 5.56. The minimum atomic E-state index is -1.59. The maximum absolute atomic E-state index is 11.5. The van der Waals surface area contributed by atoms with Crippen LogP contribution >= 0.6 is 0 Å². The van der Waals surface area contributed by atoms with Crippen molar-refractivity contribution in [3.05, 3.63) is 0 Å². The maximum atomic E-state index is 11.5. The van der Waals surface area contributed by atoms with E-state index in [1.807, 2.05) is 6.92 Å². The van der Waals surface area contributed by atoms with E-state index < -0.39 is 17.7 Å². The second-order valence-electron chi connectivity index (χ2n) is 4.26. The van der Waals surface area contributed by atoms with E-state index in [2.05, 4.69) is 0 Å². The quantitative estimate of drug-likeness (QED) is 0.509. The highest BCUT2D eigenvalue weighted by atomic mass is 16.6. The summed E-state index contributed by atoms with van der Waals surface area (Å²) < 4.78 is 17.9. The molecule has 1 atom stereocenters. The molecule has 0 bridgehead atoms. The van der Waals surface area contributed by atoms with Crippen LogP contribution in [-0.2, 0) is 14.3 Å². The fraction of sp³-hybridized carbons (Fsp3) is 0.909. The summed E-state index contributed by atoms with van der Waals surface area (Å²) in [5.41, 5.74) is -0.576. The summed E-state index contributed by atoms with van der Waals surface area (Å²) in [5, 5.41) is 0. The van der Waals surface area contributed by atoms with Gasteiger partial charge < -0.3 is 9.47 Å². The minimum absolute atomic E-state index is 0.412. The molecule has 0 aromatic rings. The van der Waals surface area contributed by atoms with Gasteiger partial charge in [0.25, 0.3) is 0 Å². The van der Waals surface area contributed by atoms with Crippen LogP contribution in [0.25, 0.3) is 0 Å². The zero-order valence-electron chi connectivity index (χ0n) is 10.8. The highest BCUT2D eigenvalue weighted by molar-refractivity contribution is 5.74. The van der Waals surface area contributed by atoms with E-state index in [1.54, 1.807) is 20.8 Å². The molecule has 0 aliphatic heterocycles. The predicted molar refractivity (Wildman–Crippen MR) is 56.2 cm³/mol. The van der Waals surface area contributed by atoms with Crippen LogP contribution in [0.4, 0.5) is 0 Å². The van der Waals surface area contributed by atoms with Gasteiger partial charge in [0, 0.05) is 6.61 Å². The molecule has 3 nitrogen and oxygen atoms in total. The Balaban J connectivity index is 4.14. The van der Waals surface area contributed by atoms with E-state index in [9.17, 15) is 4.79 Å². The monoisotopic (exact) mass is 203 g/mol. The zero-order chi connectivity index (χ0) is 12.1. The van der Waals surface area contributed by atoms with Crippen LogP contribution in [0.1, 0.15) is 48.8 Å². The van der Waals surface area contributed by atoms with Crippen molar-refractivity contribution in [1.29, 1.82) is 0 Å². The fourth-order valence-electron chi connectivity index (χ4n) is 0.778. The highest BCUT2D eigenvalue weighted by Crippen LogP contribution is 2.09. The Morgan fingerprint density at radius 3 is 2.50 bits per heavy atom. The lowest BCUT2D eigenvalue weighted by Crippen LogP contribution is -2.31. The second kappa shape index (κ2) is 6.02. The molecule has 0 saturated carbocycles. The van der Waals surface area contributed by atoms with Crippen LogP contribution in [0.2, 0.25) is 0 Å². The molecule has 0 N–H and O–H groups in total. The van der Waals surface area contributed by atoms with Crippen molar-refractivity contribution in [2.24, 2.45) is 0 Å². The average molecular weight is 203 g/mol. The average Bonchev–Trinajstić information content (AvgIpc) is 2.01. The Labute approximate surface area is 88.2 Å². The number of ether oxygens (including phenoxy) is 2. The molecule has 84 valence electrons. The summed E-state index contributed by atoms with van der Waals surface area (Å²) >= 11 is 0. The Kier molecular flexibility index (Phi) is 4.94. The van der Waals surface area contributed by atoms with E-state index in [0.717, 1.165) is 12.8 Å². The first-order chi connectivity index (χ1) is 6.69. The van der Waals surface area contributed by atoms with Gasteiger partial charge in [-0.2, -0.15) is 0 Å². The molecule has 0 fully saturated rings. The Bertz CT molecular complexity index is 206. The van der Waals surface area contributed by atoms with Gasteiger partial charge in [-0.3, -0.25) is 0 Å². The van der Waals surface area contributed by atoms with Crippen LogP contribution in [0.3, 0.4) is 0 Å². The van der Waals surface area contributed by atoms with Crippen molar-refractivity contribution in [3.8, 4) is 0 Å². The summed E-state index contributed by atoms with van der Waals surface area (Å²) in [6.07, 6.45) is 0.226. The molecule has 1 unspecified atom stereocenters. The molecule has 0 heterocycles. The molecule has 14 heavy (non-hydrogen) atoms. The van der Waals surface area contributed by atoms with Gasteiger partial charge >= 0.3 is 5.97 Å². The van der Waals surface area contributed by atoms with E-state index in [0.29, 0.717) is 6.61 Å². The van der Waals surface area contributed by atoms with E-state index >= 15 is 0 Å². The summed E-state index contributed by atoms with van der Waals surface area (Å²) in [6, 6.07) is 0. The number of hydrogen-bond acceptors (Lipinski definition) is 3. The van der Waals surface area contributed by atoms with Crippen LogP contribution in [0.15, 0.2) is 0 Å². The first-order valence-corrected chi connectivity index (χ1v) is 5.06. The lowest BCUT2D eigenvalue weighted by atomic mass is 10.2. The van der Waals surface area contributed by atoms with Crippen molar-refractivity contribution in [3.63, 3.8) is 0 Å². The van der Waals surface area contributed by atoms with Crippen molar-refractivity contribution in [2.45, 2.75) is 59.1 Å². The third-order valence-electron chi connectivity index (χ3n) is 1.50. The van der Waals surface area contributed by atoms with Gasteiger partial charge in [-0.05, 0) is 34.1 Å². The molecule has 0 spiro atoms. The third-order valence-corrected chi connectivity index (χ3v) is 1.50. The highest BCUT2D eigenvalue weighted by Gasteiger charge is 2.21. The largest absolute Gasteiger partial charge is 0.458 e. The SMILES string of the molecule is [2H]C(C)(OCCCC)C(=O)OC(C)(C)C. The summed E-state index contributed by atoms with van der Waals surface area (Å²) in [7, 11) is 0. The van der Waals surface area contributed by atoms with Crippen molar-refractivity contribution in [2.75, 3.05) is 6.61 Å². The van der Waals surface area contributed by atoms with Crippen LogP contribution < -0.4 is 0 Å². The smallest absolute Gasteiger partial charge is 0.335 e. The molecule has 0 aliphatic rings. The number of hydrogen-bond donors (Lipinski definition) is 0. The summed E-state index contributed by atoms with van der Waals surface area (Å²) in [4.78, 5) is 11.5. The topological polar surface area (TPSA) is 35.5 Å². The lowest BCUT2D eigenvalue weighted by molar-refractivity contribution is -0.167. The first kappa shape index (κ1) is 11.5. The molecule has 0 saturated heterocycles. The van der Waals surface area contributed by atoms with E-state index in [4.69, 9.17) is 10.8 Å². The minimum Gasteiger partial charge on any atom is -0.458 e. The molecule has 3 heteroatoms. The molecular weight excluding hydrogens is 180 g/mol. The zero-order valence-corrected chi connectivity index (χ0v) is 9.85. The number of rotatable bonds is 5. The summed E-state index contributed by atoms with van der Waals surface area (Å²) in [5.74, 6) is -0.633. The van der Waals surface area contributed by atoms with Crippen molar-refractivity contribution >= 4 is 5.97 Å². The molecule has 0 amide bonds. The number of carbonyl (C=O) groups excluding carboxylic acids is 1. The molecule has 0 aliphatic carbocycles. The second-order valence-corrected chi connectivity index (χ2v) is 4.26. The number of unbranched alkanes of at least 4 members (excludes halogenated alkanes) is 1. The van der Waals surface area contributed by atoms with Gasteiger partial charge in [-0.25, -0.2) is 4.79 Å². The molecule has 0 rings (SSSR count). The van der Waals surface area contributed by atoms with Gasteiger partial charge in [0.05, 0.1) is 1.37 Å². The van der Waals surface area contributed by atoms with Gasteiger partial charge in [0.2, 0.25) is 0 Å². The van der Waals surface area contributed by atoms with Gasteiger partial charge in [0.1, 0.15) is 5.60 Å². The maximum Gasteiger partial charge on any atom is 0.335 e. The predicted octanol–water partition coefficient (Wildman–Crippen LogP) is 2.53. The van der Waals surface area contributed by atoms with E-state index in [-0.39, 0.29) is 0 Å². The van der Waals surface area contributed by atoms with Crippen molar-refractivity contribution < 1.29 is 15.6 Å². The normalized spacial score (nSPS) is 17.1. The molecule has 0 radical (unpaired) electrons. The van der Waals surface area contributed by atoms with Gasteiger partial charge in [-0.1, -0.05) is 13.3 Å². The number of esters is 1. The molecule has 0 aromatic carbocycles. The van der Waals surface area contributed by atoms with Crippen LogP contribution in [-0.4, -0.2) is 24.3 Å². The van der Waals surface area contributed by atoms with Gasteiger partial charge in [-0.15, -0.1) is 0 Å². The van der Waals surface area contributed by atoms with Gasteiger partial charge in [0.15, 0.2) is 6.08 Å². The van der Waals surface area contributed by atoms with Crippen LogP contribution in [0.5, 0.6) is 0 Å². The third kappa shape index (κ3) is 6.89. The fourth-order valence-corrected chi connectivity index (χ4v) is 0.778. The Hall–Kier alpha value is -0.570. The summed E-state index contributed by atoms with van der Waals surface area (Å²) in [6.45, 7) is 9.16.